The number of piperidine rings is 1. The number of hydrogen-bond donors (Lipinski definition) is 4. The van der Waals surface area contributed by atoms with E-state index in [0.717, 1.165) is 23.6 Å². The number of hydrazine groups is 3. The summed E-state index contributed by atoms with van der Waals surface area (Å²) in [4.78, 5) is 0. The quantitative estimate of drug-likeness (QED) is 0.563. The van der Waals surface area contributed by atoms with Crippen molar-refractivity contribution in [1.29, 1.82) is 0 Å². The van der Waals surface area contributed by atoms with E-state index in [-0.39, 0.29) is 0 Å². The van der Waals surface area contributed by atoms with Crippen molar-refractivity contribution in [3.05, 3.63) is 0 Å². The number of thioether (sulfide) groups is 1. The second-order valence-electron chi connectivity index (χ2n) is 7.94. The molecule has 0 aromatic rings. The Bertz CT molecular complexity index is 353. The molecular formula is C18H37N5S. The van der Waals surface area contributed by atoms with Crippen LogP contribution in [0.2, 0.25) is 0 Å². The number of hydrogen-bond acceptors (Lipinski definition) is 6. The lowest BCUT2D eigenvalue weighted by Gasteiger charge is -2.33. The van der Waals surface area contributed by atoms with Crippen molar-refractivity contribution in [1.82, 2.24) is 26.8 Å². The fourth-order valence-corrected chi connectivity index (χ4v) is 5.19. The summed E-state index contributed by atoms with van der Waals surface area (Å²) in [5, 5.41) is 6.82. The SMILES string of the molecule is CCCCC1CCC(CN2NNC(C3CCC(SC)CC3)N2)NC1. The minimum atomic E-state index is 0.397. The number of unbranched alkanes of at least 4 members (excludes halogenated alkanes) is 1. The number of nitrogens with zero attached hydrogens (tertiary/aromatic N) is 1. The van der Waals surface area contributed by atoms with Gasteiger partial charge in [-0.25, -0.2) is 10.9 Å². The monoisotopic (exact) mass is 355 g/mol. The molecule has 3 rings (SSSR count). The average molecular weight is 356 g/mol. The van der Waals surface area contributed by atoms with E-state index in [4.69, 9.17) is 0 Å². The summed E-state index contributed by atoms with van der Waals surface area (Å²) in [6.07, 6.45) is 14.9. The molecule has 24 heavy (non-hydrogen) atoms. The fourth-order valence-electron chi connectivity index (χ4n) is 4.45. The van der Waals surface area contributed by atoms with Gasteiger partial charge in [0.05, 0.1) is 6.17 Å². The summed E-state index contributed by atoms with van der Waals surface area (Å²) in [5.41, 5.74) is 10.5. The maximum Gasteiger partial charge on any atom is 0.0889 e. The second-order valence-corrected chi connectivity index (χ2v) is 9.07. The Balaban J connectivity index is 1.33. The molecule has 3 unspecified atom stereocenters. The fraction of sp³-hybridized carbons (Fsp3) is 1.00. The molecule has 4 N–H and O–H groups in total. The molecule has 0 spiro atoms. The van der Waals surface area contributed by atoms with Gasteiger partial charge in [0.15, 0.2) is 0 Å². The molecule has 1 aliphatic carbocycles. The first kappa shape index (κ1) is 18.9. The highest BCUT2D eigenvalue weighted by Gasteiger charge is 2.33. The highest BCUT2D eigenvalue weighted by molar-refractivity contribution is 7.99. The van der Waals surface area contributed by atoms with Gasteiger partial charge in [0.1, 0.15) is 0 Å². The highest BCUT2D eigenvalue weighted by Crippen LogP contribution is 2.32. The van der Waals surface area contributed by atoms with E-state index >= 15 is 0 Å². The van der Waals surface area contributed by atoms with Crippen LogP contribution in [0.15, 0.2) is 0 Å². The first-order valence-electron chi connectivity index (χ1n) is 10.1. The van der Waals surface area contributed by atoms with Crippen LogP contribution in [0.5, 0.6) is 0 Å². The molecule has 0 amide bonds. The van der Waals surface area contributed by atoms with Crippen molar-refractivity contribution in [2.24, 2.45) is 11.8 Å². The predicted molar refractivity (Wildman–Crippen MR) is 103 cm³/mol. The van der Waals surface area contributed by atoms with Crippen molar-refractivity contribution < 1.29 is 0 Å². The summed E-state index contributed by atoms with van der Waals surface area (Å²) >= 11 is 2.04. The zero-order valence-corrected chi connectivity index (χ0v) is 16.3. The standard InChI is InChI=1S/C18H37N5S/c1-3-4-5-14-6-9-16(19-12-14)13-23-21-18(20-22-23)15-7-10-17(24-2)11-8-15/h14-22H,3-13H2,1-2H3. The van der Waals surface area contributed by atoms with Crippen molar-refractivity contribution in [2.45, 2.75) is 82.2 Å². The van der Waals surface area contributed by atoms with Crippen LogP contribution in [0.25, 0.3) is 0 Å². The minimum absolute atomic E-state index is 0.397. The lowest BCUT2D eigenvalue weighted by atomic mass is 9.87. The zero-order chi connectivity index (χ0) is 16.8. The zero-order valence-electron chi connectivity index (χ0n) is 15.5. The van der Waals surface area contributed by atoms with Crippen molar-refractivity contribution >= 4 is 11.8 Å². The van der Waals surface area contributed by atoms with Gasteiger partial charge in [-0.1, -0.05) is 19.8 Å². The first-order chi connectivity index (χ1) is 11.8. The average Bonchev–Trinajstić information content (AvgIpc) is 3.10. The smallest absolute Gasteiger partial charge is 0.0889 e. The van der Waals surface area contributed by atoms with Gasteiger partial charge in [0.25, 0.3) is 0 Å². The van der Waals surface area contributed by atoms with Crippen LogP contribution in [-0.2, 0) is 0 Å². The van der Waals surface area contributed by atoms with Crippen LogP contribution in [0.3, 0.4) is 0 Å². The van der Waals surface area contributed by atoms with Crippen molar-refractivity contribution in [2.75, 3.05) is 19.3 Å². The molecule has 6 heteroatoms. The van der Waals surface area contributed by atoms with Gasteiger partial charge in [0, 0.05) is 17.8 Å². The van der Waals surface area contributed by atoms with E-state index in [0.29, 0.717) is 12.2 Å². The molecule has 0 aromatic heterocycles. The minimum Gasteiger partial charge on any atom is -0.312 e. The molecule has 3 fully saturated rings. The highest BCUT2D eigenvalue weighted by atomic mass is 32.2. The molecule has 2 aliphatic heterocycles. The van der Waals surface area contributed by atoms with Gasteiger partial charge in [0.2, 0.25) is 0 Å². The third-order valence-electron chi connectivity index (χ3n) is 6.16. The molecule has 2 saturated heterocycles. The van der Waals surface area contributed by atoms with Gasteiger partial charge >= 0.3 is 0 Å². The molecule has 0 bridgehead atoms. The van der Waals surface area contributed by atoms with E-state index in [2.05, 4.69) is 40.0 Å². The summed E-state index contributed by atoms with van der Waals surface area (Å²) in [5.74, 6) is 1.65. The van der Waals surface area contributed by atoms with E-state index in [9.17, 15) is 0 Å². The van der Waals surface area contributed by atoms with Crippen LogP contribution in [0.1, 0.15) is 64.7 Å². The Kier molecular flexibility index (Phi) is 7.68. The summed E-state index contributed by atoms with van der Waals surface area (Å²) in [6.45, 7) is 4.53. The lowest BCUT2D eigenvalue weighted by Crippen LogP contribution is -2.52. The van der Waals surface area contributed by atoms with Gasteiger partial charge in [-0.15, -0.1) is 0 Å². The van der Waals surface area contributed by atoms with E-state index in [1.54, 1.807) is 0 Å². The van der Waals surface area contributed by atoms with E-state index < -0.39 is 0 Å². The molecule has 1 saturated carbocycles. The van der Waals surface area contributed by atoms with Crippen LogP contribution >= 0.6 is 11.8 Å². The largest absolute Gasteiger partial charge is 0.312 e. The molecule has 140 valence electrons. The maximum atomic E-state index is 3.76. The summed E-state index contributed by atoms with van der Waals surface area (Å²) < 4.78 is 0. The number of nitrogens with one attached hydrogen (secondary N) is 4. The van der Waals surface area contributed by atoms with Gasteiger partial charge < -0.3 is 5.32 Å². The lowest BCUT2D eigenvalue weighted by molar-refractivity contribution is 0.121. The van der Waals surface area contributed by atoms with Crippen molar-refractivity contribution in [3.8, 4) is 0 Å². The Morgan fingerprint density at radius 3 is 2.58 bits per heavy atom. The topological polar surface area (TPSA) is 51.4 Å². The molecular weight excluding hydrogens is 318 g/mol. The Morgan fingerprint density at radius 2 is 1.92 bits per heavy atom. The maximum absolute atomic E-state index is 3.76. The normalized spacial score (nSPS) is 38.5. The van der Waals surface area contributed by atoms with Crippen LogP contribution < -0.4 is 21.7 Å². The Morgan fingerprint density at radius 1 is 1.08 bits per heavy atom. The Hall–Kier alpha value is 0.150. The van der Waals surface area contributed by atoms with E-state index in [1.165, 1.54) is 64.3 Å². The van der Waals surface area contributed by atoms with Gasteiger partial charge in [-0.2, -0.15) is 22.4 Å². The molecule has 3 aliphatic rings. The van der Waals surface area contributed by atoms with Crippen LogP contribution in [0, 0.1) is 11.8 Å². The molecule has 3 atom stereocenters. The van der Waals surface area contributed by atoms with Crippen LogP contribution in [0.4, 0.5) is 0 Å². The van der Waals surface area contributed by atoms with Crippen LogP contribution in [-0.4, -0.2) is 41.9 Å². The summed E-state index contributed by atoms with van der Waals surface area (Å²) in [7, 11) is 0. The third kappa shape index (κ3) is 5.32. The third-order valence-corrected chi connectivity index (χ3v) is 7.30. The molecule has 0 aromatic carbocycles. The molecule has 2 heterocycles. The predicted octanol–water partition coefficient (Wildman–Crippen LogP) is 2.62. The first-order valence-corrected chi connectivity index (χ1v) is 11.4. The van der Waals surface area contributed by atoms with Crippen molar-refractivity contribution in [3.63, 3.8) is 0 Å². The van der Waals surface area contributed by atoms with Gasteiger partial charge in [-0.05, 0) is 69.6 Å². The Labute approximate surface area is 152 Å². The molecule has 0 radical (unpaired) electrons. The second kappa shape index (κ2) is 9.74. The van der Waals surface area contributed by atoms with E-state index in [1.807, 2.05) is 11.8 Å². The molecule has 5 nitrogen and oxygen atoms in total. The number of rotatable bonds is 7. The van der Waals surface area contributed by atoms with Gasteiger partial charge in [-0.3, -0.25) is 0 Å². The summed E-state index contributed by atoms with van der Waals surface area (Å²) in [6, 6.07) is 0.607.